The highest BCUT2D eigenvalue weighted by molar-refractivity contribution is 5.82. The van der Waals surface area contributed by atoms with E-state index in [1.165, 1.54) is 18.2 Å². The molecule has 0 bridgehead atoms. The van der Waals surface area contributed by atoms with Gasteiger partial charge in [0, 0.05) is 32.7 Å². The number of nitrogens with one attached hydrogen (secondary N) is 1. The van der Waals surface area contributed by atoms with Gasteiger partial charge in [-0.15, -0.1) is 13.2 Å². The fourth-order valence-electron chi connectivity index (χ4n) is 5.63. The predicted octanol–water partition coefficient (Wildman–Crippen LogP) is 4.59. The molecule has 1 aromatic heterocycles. The molecule has 1 aliphatic heterocycles. The number of halogens is 3. The Kier molecular flexibility index (Phi) is 8.53. The van der Waals surface area contributed by atoms with Crippen LogP contribution in [0.1, 0.15) is 54.6 Å². The van der Waals surface area contributed by atoms with Gasteiger partial charge in [-0.1, -0.05) is 29.4 Å². The maximum Gasteiger partial charge on any atom is 0.573 e. The monoisotopic (exact) mass is 585 g/mol. The number of likely N-dealkylation sites (N-methyl/N-ethyl adjacent to an activating group) is 1. The Morgan fingerprint density at radius 2 is 1.95 bits per heavy atom. The van der Waals surface area contributed by atoms with Gasteiger partial charge < -0.3 is 19.5 Å². The average molecular weight is 586 g/mol. The summed E-state index contributed by atoms with van der Waals surface area (Å²) in [5, 5.41) is 6.84. The SMILES string of the molecule is CCN(CC)C(=O)CN1CCc2c(-c3cccc(OC(F)(F)F)c3)ccc(CNC(=O)[C@@H]3C[C@H]3c3nc(C)no3)c2C1. The number of aromatic nitrogens is 2. The largest absolute Gasteiger partial charge is 0.573 e. The number of fused-ring (bicyclic) bond motifs is 1. The van der Waals surface area contributed by atoms with Crippen LogP contribution in [0.25, 0.3) is 11.1 Å². The molecule has 2 aliphatic rings. The van der Waals surface area contributed by atoms with Crippen LogP contribution in [-0.2, 0) is 29.1 Å². The van der Waals surface area contributed by atoms with Crippen molar-refractivity contribution in [3.8, 4) is 16.9 Å². The molecule has 3 aromatic rings. The van der Waals surface area contributed by atoms with Gasteiger partial charge in [0.2, 0.25) is 17.7 Å². The van der Waals surface area contributed by atoms with Gasteiger partial charge in [-0.3, -0.25) is 14.5 Å². The Bertz CT molecular complexity index is 1450. The number of rotatable bonds is 10. The Labute approximate surface area is 242 Å². The molecule has 2 aromatic carbocycles. The highest BCUT2D eigenvalue weighted by Gasteiger charge is 2.47. The normalized spacial score (nSPS) is 18.3. The zero-order valence-corrected chi connectivity index (χ0v) is 23.8. The lowest BCUT2D eigenvalue weighted by molar-refractivity contribution is -0.274. The highest BCUT2D eigenvalue weighted by Crippen LogP contribution is 2.47. The molecule has 0 radical (unpaired) electrons. The highest BCUT2D eigenvalue weighted by atomic mass is 19.4. The molecule has 1 saturated carbocycles. The number of benzene rings is 2. The number of nitrogens with zero attached hydrogens (tertiary/aromatic N) is 4. The smallest absolute Gasteiger partial charge is 0.406 e. The van der Waals surface area contributed by atoms with Gasteiger partial charge >= 0.3 is 6.36 Å². The predicted molar refractivity (Wildman–Crippen MR) is 147 cm³/mol. The number of hydrogen-bond donors (Lipinski definition) is 1. The summed E-state index contributed by atoms with van der Waals surface area (Å²) in [5.41, 5.74) is 4.26. The number of amides is 2. The molecule has 1 fully saturated rings. The molecule has 1 N–H and O–H groups in total. The standard InChI is InChI=1S/C30H34F3N5O4/c1-4-38(5-2)27(39)17-37-12-11-23-22(19-7-6-8-21(13-19)41-30(31,32)33)10-9-20(26(23)16-37)15-34-28(40)24-14-25(24)29-35-18(3)36-42-29/h6-10,13,24-25H,4-5,11-12,14-17H2,1-3H3,(H,34,40)/t24-,25-/m1/s1. The van der Waals surface area contributed by atoms with E-state index >= 15 is 0 Å². The summed E-state index contributed by atoms with van der Waals surface area (Å²) >= 11 is 0. The van der Waals surface area contributed by atoms with Gasteiger partial charge in [0.25, 0.3) is 0 Å². The number of alkyl halides is 3. The summed E-state index contributed by atoms with van der Waals surface area (Å²) in [4.78, 5) is 33.9. The molecule has 5 rings (SSSR count). The van der Waals surface area contributed by atoms with Crippen molar-refractivity contribution in [2.45, 2.75) is 59.0 Å². The Hall–Kier alpha value is -3.93. The van der Waals surface area contributed by atoms with Gasteiger partial charge in [-0.2, -0.15) is 4.98 Å². The first-order valence-corrected chi connectivity index (χ1v) is 14.1. The van der Waals surface area contributed by atoms with E-state index in [-0.39, 0.29) is 42.5 Å². The van der Waals surface area contributed by atoms with Crippen LogP contribution in [0.15, 0.2) is 40.9 Å². The number of carbonyl (C=O) groups excluding carboxylic acids is 2. The molecule has 0 unspecified atom stereocenters. The lowest BCUT2D eigenvalue weighted by Crippen LogP contribution is -2.42. The van der Waals surface area contributed by atoms with E-state index in [9.17, 15) is 22.8 Å². The van der Waals surface area contributed by atoms with Crippen LogP contribution in [0.3, 0.4) is 0 Å². The third kappa shape index (κ3) is 6.75. The number of ether oxygens (including phenoxy) is 1. The molecule has 224 valence electrons. The van der Waals surface area contributed by atoms with Crippen molar-refractivity contribution in [2.24, 2.45) is 5.92 Å². The first kappa shape index (κ1) is 29.6. The fraction of sp³-hybridized carbons (Fsp3) is 0.467. The minimum absolute atomic E-state index is 0.0440. The Morgan fingerprint density at radius 1 is 1.17 bits per heavy atom. The molecule has 2 atom stereocenters. The van der Waals surface area contributed by atoms with Crippen LogP contribution in [0, 0.1) is 12.8 Å². The van der Waals surface area contributed by atoms with E-state index in [2.05, 4.69) is 25.1 Å². The zero-order chi connectivity index (χ0) is 30.0. The summed E-state index contributed by atoms with van der Waals surface area (Å²) in [6.07, 6.45) is -3.55. The lowest BCUT2D eigenvalue weighted by Gasteiger charge is -2.33. The topological polar surface area (TPSA) is 101 Å². The molecule has 12 heteroatoms. The Morgan fingerprint density at radius 3 is 2.64 bits per heavy atom. The first-order chi connectivity index (χ1) is 20.1. The zero-order valence-electron chi connectivity index (χ0n) is 23.8. The van der Waals surface area contributed by atoms with E-state index in [1.807, 2.05) is 26.0 Å². The van der Waals surface area contributed by atoms with Crippen molar-refractivity contribution < 1.29 is 32.0 Å². The molecular formula is C30H34F3N5O4. The van der Waals surface area contributed by atoms with Crippen molar-refractivity contribution in [1.82, 2.24) is 25.3 Å². The third-order valence-electron chi connectivity index (χ3n) is 7.88. The Balaban J connectivity index is 1.38. The lowest BCUT2D eigenvalue weighted by atomic mass is 9.87. The average Bonchev–Trinajstić information content (AvgIpc) is 3.64. The number of carbonyl (C=O) groups is 2. The van der Waals surface area contributed by atoms with Crippen molar-refractivity contribution in [2.75, 3.05) is 26.2 Å². The van der Waals surface area contributed by atoms with Crippen molar-refractivity contribution >= 4 is 11.8 Å². The van der Waals surface area contributed by atoms with E-state index in [0.717, 1.165) is 22.3 Å². The van der Waals surface area contributed by atoms with Gasteiger partial charge in [-0.05, 0) is 73.6 Å². The van der Waals surface area contributed by atoms with Crippen molar-refractivity contribution in [3.05, 3.63) is 64.8 Å². The molecule has 9 nitrogen and oxygen atoms in total. The summed E-state index contributed by atoms with van der Waals surface area (Å²) in [7, 11) is 0. The molecule has 0 saturated heterocycles. The van der Waals surface area contributed by atoms with Crippen molar-refractivity contribution in [3.63, 3.8) is 0 Å². The minimum Gasteiger partial charge on any atom is -0.406 e. The maximum absolute atomic E-state index is 13.0. The van der Waals surface area contributed by atoms with Gasteiger partial charge in [0.15, 0.2) is 5.82 Å². The number of aryl methyl sites for hydroxylation is 1. The van der Waals surface area contributed by atoms with Crippen LogP contribution >= 0.6 is 0 Å². The second-order valence-electron chi connectivity index (χ2n) is 10.7. The van der Waals surface area contributed by atoms with E-state index in [1.54, 1.807) is 17.9 Å². The van der Waals surface area contributed by atoms with Gasteiger partial charge in [-0.25, -0.2) is 0 Å². The van der Waals surface area contributed by atoms with Crippen LogP contribution < -0.4 is 10.1 Å². The fourth-order valence-corrected chi connectivity index (χ4v) is 5.63. The quantitative estimate of drug-likeness (QED) is 0.372. The molecular weight excluding hydrogens is 551 g/mol. The molecule has 42 heavy (non-hydrogen) atoms. The second-order valence-corrected chi connectivity index (χ2v) is 10.7. The second kappa shape index (κ2) is 12.1. The van der Waals surface area contributed by atoms with Crippen LogP contribution in [-0.4, -0.2) is 64.3 Å². The first-order valence-electron chi connectivity index (χ1n) is 14.1. The van der Waals surface area contributed by atoms with Crippen LogP contribution in [0.5, 0.6) is 5.75 Å². The van der Waals surface area contributed by atoms with Gasteiger partial charge in [0.05, 0.1) is 18.4 Å². The molecule has 2 amide bonds. The van der Waals surface area contributed by atoms with E-state index < -0.39 is 6.36 Å². The van der Waals surface area contributed by atoms with Gasteiger partial charge in [0.1, 0.15) is 5.75 Å². The summed E-state index contributed by atoms with van der Waals surface area (Å²) < 4.78 is 48.0. The summed E-state index contributed by atoms with van der Waals surface area (Å²) in [5.74, 6) is 0.331. The third-order valence-corrected chi connectivity index (χ3v) is 7.88. The minimum atomic E-state index is -4.79. The maximum atomic E-state index is 13.0. The molecule has 1 aliphatic carbocycles. The molecule has 2 heterocycles. The molecule has 0 spiro atoms. The van der Waals surface area contributed by atoms with Crippen LogP contribution in [0.2, 0.25) is 0 Å². The van der Waals surface area contributed by atoms with Crippen LogP contribution in [0.4, 0.5) is 13.2 Å². The van der Waals surface area contributed by atoms with E-state index in [0.29, 0.717) is 56.3 Å². The summed E-state index contributed by atoms with van der Waals surface area (Å²) in [6, 6.07) is 9.72. The van der Waals surface area contributed by atoms with Crippen molar-refractivity contribution in [1.29, 1.82) is 0 Å². The number of hydrogen-bond acceptors (Lipinski definition) is 7. The van der Waals surface area contributed by atoms with E-state index in [4.69, 9.17) is 4.52 Å². The summed E-state index contributed by atoms with van der Waals surface area (Å²) in [6.45, 7) is 8.52.